The molecule has 0 N–H and O–H groups in total. The van der Waals surface area contributed by atoms with Gasteiger partial charge in [0.25, 0.3) is 5.91 Å². The standard InChI is InChI=1S/C13H20N2O/c1-3-11-7-4-5-10-15(11)13(16)12-8-6-9-14(12)2/h6,8-9,11H,3-5,7,10H2,1-2H3/t11-/m1/s1. The van der Waals surface area contributed by atoms with Crippen molar-refractivity contribution in [3.05, 3.63) is 24.0 Å². The Hall–Kier alpha value is -1.25. The molecule has 1 amide bonds. The summed E-state index contributed by atoms with van der Waals surface area (Å²) in [5.74, 6) is 0.194. The second-order valence-electron chi connectivity index (χ2n) is 4.56. The lowest BCUT2D eigenvalue weighted by atomic mass is 9.99. The molecule has 1 aromatic rings. The third kappa shape index (κ3) is 1.99. The van der Waals surface area contributed by atoms with Crippen LogP contribution in [0, 0.1) is 0 Å². The molecule has 0 bridgehead atoms. The molecular weight excluding hydrogens is 200 g/mol. The van der Waals surface area contributed by atoms with Gasteiger partial charge in [0.2, 0.25) is 0 Å². The number of piperidine rings is 1. The largest absolute Gasteiger partial charge is 0.347 e. The molecule has 1 aromatic heterocycles. The molecule has 0 radical (unpaired) electrons. The van der Waals surface area contributed by atoms with Gasteiger partial charge in [-0.3, -0.25) is 4.79 Å². The smallest absolute Gasteiger partial charge is 0.270 e. The van der Waals surface area contributed by atoms with E-state index in [0.29, 0.717) is 6.04 Å². The highest BCUT2D eigenvalue weighted by Gasteiger charge is 2.26. The molecule has 3 heteroatoms. The van der Waals surface area contributed by atoms with Crippen molar-refractivity contribution in [1.82, 2.24) is 9.47 Å². The Bertz CT molecular complexity index is 370. The molecule has 0 aromatic carbocycles. The molecule has 0 saturated carbocycles. The second kappa shape index (κ2) is 4.73. The summed E-state index contributed by atoms with van der Waals surface area (Å²) in [6.07, 6.45) is 6.56. The zero-order chi connectivity index (χ0) is 11.5. The molecule has 1 aliphatic rings. The number of carbonyl (C=O) groups is 1. The molecule has 16 heavy (non-hydrogen) atoms. The average Bonchev–Trinajstić information content (AvgIpc) is 2.74. The first-order chi connectivity index (χ1) is 7.74. The summed E-state index contributed by atoms with van der Waals surface area (Å²) >= 11 is 0. The van der Waals surface area contributed by atoms with E-state index >= 15 is 0 Å². The number of rotatable bonds is 2. The number of amides is 1. The van der Waals surface area contributed by atoms with Crippen molar-refractivity contribution in [3.8, 4) is 0 Å². The van der Waals surface area contributed by atoms with Crippen molar-refractivity contribution >= 4 is 5.91 Å². The predicted molar refractivity (Wildman–Crippen MR) is 64.4 cm³/mol. The zero-order valence-corrected chi connectivity index (χ0v) is 10.1. The number of nitrogens with zero attached hydrogens (tertiary/aromatic N) is 2. The van der Waals surface area contributed by atoms with Crippen molar-refractivity contribution < 1.29 is 4.79 Å². The van der Waals surface area contributed by atoms with E-state index in [9.17, 15) is 4.79 Å². The Morgan fingerprint density at radius 1 is 1.50 bits per heavy atom. The molecule has 0 unspecified atom stereocenters. The Labute approximate surface area is 97.1 Å². The third-order valence-corrected chi connectivity index (χ3v) is 3.52. The Morgan fingerprint density at radius 2 is 2.31 bits per heavy atom. The molecule has 88 valence electrons. The van der Waals surface area contributed by atoms with Gasteiger partial charge in [0.15, 0.2) is 0 Å². The predicted octanol–water partition coefficient (Wildman–Crippen LogP) is 2.43. The van der Waals surface area contributed by atoms with Gasteiger partial charge in [-0.2, -0.15) is 0 Å². The van der Waals surface area contributed by atoms with Gasteiger partial charge in [0, 0.05) is 25.8 Å². The Kier molecular flexibility index (Phi) is 3.32. The number of hydrogen-bond acceptors (Lipinski definition) is 1. The summed E-state index contributed by atoms with van der Waals surface area (Å²) in [6.45, 7) is 3.09. The van der Waals surface area contributed by atoms with Crippen LogP contribution in [0.15, 0.2) is 18.3 Å². The van der Waals surface area contributed by atoms with Gasteiger partial charge in [-0.1, -0.05) is 6.92 Å². The maximum Gasteiger partial charge on any atom is 0.270 e. The zero-order valence-electron chi connectivity index (χ0n) is 10.1. The molecule has 1 fully saturated rings. The molecule has 3 nitrogen and oxygen atoms in total. The SMILES string of the molecule is CC[C@@H]1CCCCN1C(=O)c1cccn1C. The summed E-state index contributed by atoms with van der Waals surface area (Å²) in [6, 6.07) is 4.28. The highest BCUT2D eigenvalue weighted by molar-refractivity contribution is 5.93. The van der Waals surface area contributed by atoms with Gasteiger partial charge in [0.05, 0.1) is 0 Å². The van der Waals surface area contributed by atoms with E-state index in [4.69, 9.17) is 0 Å². The molecule has 1 saturated heterocycles. The van der Waals surface area contributed by atoms with Gasteiger partial charge >= 0.3 is 0 Å². The van der Waals surface area contributed by atoms with Crippen LogP contribution >= 0.6 is 0 Å². The van der Waals surface area contributed by atoms with Crippen LogP contribution < -0.4 is 0 Å². The van der Waals surface area contributed by atoms with Crippen molar-refractivity contribution in [2.45, 2.75) is 38.6 Å². The lowest BCUT2D eigenvalue weighted by Gasteiger charge is -2.35. The number of carbonyl (C=O) groups excluding carboxylic acids is 1. The number of hydrogen-bond donors (Lipinski definition) is 0. The Morgan fingerprint density at radius 3 is 2.94 bits per heavy atom. The topological polar surface area (TPSA) is 25.2 Å². The van der Waals surface area contributed by atoms with E-state index in [2.05, 4.69) is 11.8 Å². The maximum absolute atomic E-state index is 12.4. The molecular formula is C13H20N2O. The lowest BCUT2D eigenvalue weighted by Crippen LogP contribution is -2.43. The molecule has 1 aliphatic heterocycles. The van der Waals surface area contributed by atoms with E-state index in [1.54, 1.807) is 0 Å². The van der Waals surface area contributed by atoms with E-state index in [1.165, 1.54) is 6.42 Å². The minimum atomic E-state index is 0.194. The third-order valence-electron chi connectivity index (χ3n) is 3.52. The van der Waals surface area contributed by atoms with Crippen LogP contribution in [0.4, 0.5) is 0 Å². The summed E-state index contributed by atoms with van der Waals surface area (Å²) in [5, 5.41) is 0. The number of likely N-dealkylation sites (tertiary alicyclic amines) is 1. The Balaban J connectivity index is 2.17. The summed E-state index contributed by atoms with van der Waals surface area (Å²) in [5.41, 5.74) is 0.806. The lowest BCUT2D eigenvalue weighted by molar-refractivity contribution is 0.0598. The van der Waals surface area contributed by atoms with E-state index in [1.807, 2.05) is 29.9 Å². The second-order valence-corrected chi connectivity index (χ2v) is 4.56. The monoisotopic (exact) mass is 220 g/mol. The highest BCUT2D eigenvalue weighted by atomic mass is 16.2. The maximum atomic E-state index is 12.4. The molecule has 2 rings (SSSR count). The van der Waals surface area contributed by atoms with Crippen molar-refractivity contribution in [2.75, 3.05) is 6.54 Å². The van der Waals surface area contributed by atoms with E-state index < -0.39 is 0 Å². The fourth-order valence-corrected chi connectivity index (χ4v) is 2.52. The van der Waals surface area contributed by atoms with E-state index in [0.717, 1.165) is 31.5 Å². The molecule has 0 aliphatic carbocycles. The van der Waals surface area contributed by atoms with Gasteiger partial charge in [-0.25, -0.2) is 0 Å². The van der Waals surface area contributed by atoms with E-state index in [-0.39, 0.29) is 5.91 Å². The van der Waals surface area contributed by atoms with Crippen LogP contribution in [0.3, 0.4) is 0 Å². The highest BCUT2D eigenvalue weighted by Crippen LogP contribution is 2.21. The fourth-order valence-electron chi connectivity index (χ4n) is 2.52. The van der Waals surface area contributed by atoms with Crippen LogP contribution in [0.5, 0.6) is 0 Å². The minimum absolute atomic E-state index is 0.194. The number of aryl methyl sites for hydroxylation is 1. The van der Waals surface area contributed by atoms with Crippen LogP contribution in [-0.2, 0) is 7.05 Å². The van der Waals surface area contributed by atoms with Crippen LogP contribution in [-0.4, -0.2) is 28.0 Å². The van der Waals surface area contributed by atoms with Crippen LogP contribution in [0.2, 0.25) is 0 Å². The van der Waals surface area contributed by atoms with Gasteiger partial charge in [-0.05, 0) is 37.8 Å². The normalized spacial score (nSPS) is 21.1. The first-order valence-corrected chi connectivity index (χ1v) is 6.16. The van der Waals surface area contributed by atoms with Crippen molar-refractivity contribution in [3.63, 3.8) is 0 Å². The van der Waals surface area contributed by atoms with Gasteiger partial charge in [0.1, 0.15) is 5.69 Å². The van der Waals surface area contributed by atoms with Gasteiger partial charge < -0.3 is 9.47 Å². The first-order valence-electron chi connectivity index (χ1n) is 6.16. The van der Waals surface area contributed by atoms with Crippen molar-refractivity contribution in [2.24, 2.45) is 7.05 Å². The van der Waals surface area contributed by atoms with Crippen LogP contribution in [0.25, 0.3) is 0 Å². The molecule has 2 heterocycles. The fraction of sp³-hybridized carbons (Fsp3) is 0.615. The van der Waals surface area contributed by atoms with Gasteiger partial charge in [-0.15, -0.1) is 0 Å². The molecule has 1 atom stereocenters. The summed E-state index contributed by atoms with van der Waals surface area (Å²) in [4.78, 5) is 14.4. The number of aromatic nitrogens is 1. The van der Waals surface area contributed by atoms with Crippen LogP contribution in [0.1, 0.15) is 43.1 Å². The minimum Gasteiger partial charge on any atom is -0.347 e. The first kappa shape index (κ1) is 11.2. The average molecular weight is 220 g/mol. The molecule has 0 spiro atoms. The van der Waals surface area contributed by atoms with Crippen molar-refractivity contribution in [1.29, 1.82) is 0 Å². The summed E-state index contributed by atoms with van der Waals surface area (Å²) in [7, 11) is 1.93. The quantitative estimate of drug-likeness (QED) is 0.751. The summed E-state index contributed by atoms with van der Waals surface area (Å²) < 4.78 is 1.91.